The van der Waals surface area contributed by atoms with Crippen LogP contribution in [0.4, 0.5) is 0 Å². The minimum absolute atomic E-state index is 0.0995. The van der Waals surface area contributed by atoms with Crippen molar-refractivity contribution in [3.63, 3.8) is 0 Å². The van der Waals surface area contributed by atoms with E-state index in [1.54, 1.807) is 30.3 Å². The van der Waals surface area contributed by atoms with Crippen molar-refractivity contribution < 1.29 is 18.0 Å². The lowest BCUT2D eigenvalue weighted by Gasteiger charge is -2.36. The van der Waals surface area contributed by atoms with Gasteiger partial charge in [-0.05, 0) is 24.1 Å². The summed E-state index contributed by atoms with van der Waals surface area (Å²) in [6.45, 7) is 1.92. The second kappa shape index (κ2) is 7.41. The maximum Gasteiger partial charge on any atom is 0.245 e. The Labute approximate surface area is 153 Å². The van der Waals surface area contributed by atoms with Crippen molar-refractivity contribution in [3.8, 4) is 0 Å². The molecule has 1 saturated heterocycles. The zero-order valence-corrected chi connectivity index (χ0v) is 15.3. The molecule has 0 bridgehead atoms. The Bertz CT molecular complexity index is 894. The van der Waals surface area contributed by atoms with E-state index in [4.69, 9.17) is 0 Å². The van der Waals surface area contributed by atoms with Gasteiger partial charge in [0, 0.05) is 5.92 Å². The molecule has 0 aliphatic carbocycles. The molecule has 26 heavy (non-hydrogen) atoms. The van der Waals surface area contributed by atoms with Crippen LogP contribution in [-0.4, -0.2) is 25.5 Å². The molecule has 1 N–H and O–H groups in total. The summed E-state index contributed by atoms with van der Waals surface area (Å²) >= 11 is 0. The molecule has 1 heterocycles. The quantitative estimate of drug-likeness (QED) is 0.820. The van der Waals surface area contributed by atoms with Crippen LogP contribution in [0.5, 0.6) is 0 Å². The number of carbonyl (C=O) groups excluding carboxylic acids is 2. The monoisotopic (exact) mass is 371 g/mol. The summed E-state index contributed by atoms with van der Waals surface area (Å²) in [5, 5.41) is 1.00. The van der Waals surface area contributed by atoms with Crippen molar-refractivity contribution in [1.82, 2.24) is 5.32 Å². The number of amides is 2. The van der Waals surface area contributed by atoms with Gasteiger partial charge in [0.25, 0.3) is 0 Å². The molecule has 2 aromatic rings. The van der Waals surface area contributed by atoms with Crippen molar-refractivity contribution >= 4 is 21.7 Å². The number of carbonyl (C=O) groups is 2. The lowest BCUT2D eigenvalue weighted by atomic mass is 9.78. The van der Waals surface area contributed by atoms with E-state index in [1.807, 2.05) is 25.1 Å². The number of piperidine rings is 1. The van der Waals surface area contributed by atoms with Crippen LogP contribution < -0.4 is 5.32 Å². The van der Waals surface area contributed by atoms with E-state index in [0.29, 0.717) is 12.8 Å². The van der Waals surface area contributed by atoms with Gasteiger partial charge in [0.1, 0.15) is 5.25 Å². The average Bonchev–Trinajstić information content (AvgIpc) is 2.63. The summed E-state index contributed by atoms with van der Waals surface area (Å²) in [5.41, 5.74) is 0.726. The van der Waals surface area contributed by atoms with Gasteiger partial charge in [0.05, 0.1) is 10.8 Å². The van der Waals surface area contributed by atoms with E-state index < -0.39 is 38.7 Å². The van der Waals surface area contributed by atoms with Gasteiger partial charge >= 0.3 is 0 Å². The molecule has 1 aliphatic rings. The number of hydrogen-bond acceptors (Lipinski definition) is 4. The van der Waals surface area contributed by atoms with E-state index in [0.717, 1.165) is 5.56 Å². The molecule has 2 aromatic carbocycles. The lowest BCUT2D eigenvalue weighted by Crippen LogP contribution is -2.56. The first kappa shape index (κ1) is 18.3. The second-order valence-electron chi connectivity index (χ2n) is 6.47. The molecule has 0 spiro atoms. The first-order chi connectivity index (χ1) is 12.5. The average molecular weight is 371 g/mol. The van der Waals surface area contributed by atoms with E-state index in [1.165, 1.54) is 12.1 Å². The summed E-state index contributed by atoms with van der Waals surface area (Å²) in [5.74, 6) is -2.44. The van der Waals surface area contributed by atoms with Crippen LogP contribution in [0.1, 0.15) is 31.2 Å². The Hall–Kier alpha value is -2.47. The van der Waals surface area contributed by atoms with Crippen molar-refractivity contribution in [2.45, 2.75) is 35.8 Å². The number of benzene rings is 2. The third-order valence-corrected chi connectivity index (χ3v) is 6.95. The Morgan fingerprint density at radius 1 is 0.885 bits per heavy atom. The molecular formula is C20H21NO4S. The zero-order valence-electron chi connectivity index (χ0n) is 14.5. The second-order valence-corrected chi connectivity index (χ2v) is 8.54. The highest BCUT2D eigenvalue weighted by atomic mass is 32.2. The maximum absolute atomic E-state index is 13.2. The van der Waals surface area contributed by atoms with E-state index in [2.05, 4.69) is 5.32 Å². The molecule has 0 aromatic heterocycles. The van der Waals surface area contributed by atoms with Crippen LogP contribution >= 0.6 is 0 Å². The maximum atomic E-state index is 13.2. The summed E-state index contributed by atoms with van der Waals surface area (Å²) in [6, 6.07) is 17.0. The predicted molar refractivity (Wildman–Crippen MR) is 98.1 cm³/mol. The van der Waals surface area contributed by atoms with Gasteiger partial charge in [0.15, 0.2) is 9.84 Å². The van der Waals surface area contributed by atoms with E-state index in [-0.39, 0.29) is 4.90 Å². The topological polar surface area (TPSA) is 80.3 Å². The Balaban J connectivity index is 2.10. The Kier molecular flexibility index (Phi) is 5.23. The van der Waals surface area contributed by atoms with E-state index in [9.17, 15) is 18.0 Å². The van der Waals surface area contributed by atoms with E-state index >= 15 is 0 Å². The molecule has 0 unspecified atom stereocenters. The van der Waals surface area contributed by atoms with Gasteiger partial charge in [-0.25, -0.2) is 8.42 Å². The fourth-order valence-corrected chi connectivity index (χ4v) is 5.60. The van der Waals surface area contributed by atoms with Gasteiger partial charge in [-0.2, -0.15) is 0 Å². The van der Waals surface area contributed by atoms with Crippen LogP contribution in [0.3, 0.4) is 0 Å². The molecule has 0 saturated carbocycles. The molecule has 0 radical (unpaired) electrons. The molecule has 1 aliphatic heterocycles. The number of sulfone groups is 1. The molecule has 1 fully saturated rings. The standard InChI is InChI=1S/C20H21NO4S/c1-2-9-16-17(14-10-5-3-6-11-14)19(22)21-20(23)18(16)26(24,25)15-12-7-4-8-13-15/h3-8,10-13,16-18H,2,9H2,1H3,(H,21,22,23)/t16-,17-,18+/m0/s1. The molecule has 6 heteroatoms. The van der Waals surface area contributed by atoms with Crippen LogP contribution in [0.2, 0.25) is 0 Å². The summed E-state index contributed by atoms with van der Waals surface area (Å²) in [4.78, 5) is 25.2. The largest absolute Gasteiger partial charge is 0.295 e. The van der Waals surface area contributed by atoms with Crippen LogP contribution in [0.25, 0.3) is 0 Å². The molecule has 5 nitrogen and oxygen atoms in total. The third kappa shape index (κ3) is 3.29. The predicted octanol–water partition coefficient (Wildman–Crippen LogP) is 2.69. The van der Waals surface area contributed by atoms with Gasteiger partial charge in [-0.3, -0.25) is 14.9 Å². The fourth-order valence-electron chi connectivity index (χ4n) is 3.67. The van der Waals surface area contributed by atoms with Crippen molar-refractivity contribution in [1.29, 1.82) is 0 Å². The van der Waals surface area contributed by atoms with Crippen LogP contribution in [0.15, 0.2) is 65.6 Å². The molecule has 3 rings (SSSR count). The summed E-state index contributed by atoms with van der Waals surface area (Å²) < 4.78 is 26.4. The summed E-state index contributed by atoms with van der Waals surface area (Å²) in [7, 11) is -3.91. The number of hydrogen-bond donors (Lipinski definition) is 1. The summed E-state index contributed by atoms with van der Waals surface area (Å²) in [6.07, 6.45) is 1.14. The normalized spacial score (nSPS) is 23.5. The fraction of sp³-hybridized carbons (Fsp3) is 0.300. The minimum atomic E-state index is -3.91. The number of rotatable bonds is 5. The molecule has 136 valence electrons. The van der Waals surface area contributed by atoms with Gasteiger partial charge in [-0.1, -0.05) is 61.9 Å². The van der Waals surface area contributed by atoms with Crippen LogP contribution in [0, 0.1) is 5.92 Å². The molecule has 2 amide bonds. The zero-order chi connectivity index (χ0) is 18.7. The van der Waals surface area contributed by atoms with Crippen LogP contribution in [-0.2, 0) is 19.4 Å². The Morgan fingerprint density at radius 2 is 1.46 bits per heavy atom. The highest BCUT2D eigenvalue weighted by molar-refractivity contribution is 7.92. The third-order valence-electron chi connectivity index (χ3n) is 4.79. The minimum Gasteiger partial charge on any atom is -0.295 e. The smallest absolute Gasteiger partial charge is 0.245 e. The van der Waals surface area contributed by atoms with Gasteiger partial charge in [0.2, 0.25) is 11.8 Å². The van der Waals surface area contributed by atoms with Gasteiger partial charge in [-0.15, -0.1) is 0 Å². The SMILES string of the molecule is CCC[C@H]1[C@H](c2ccccc2)C(=O)NC(=O)[C@@H]1S(=O)(=O)c1ccccc1. The highest BCUT2D eigenvalue weighted by Gasteiger charge is 2.50. The molecular weight excluding hydrogens is 350 g/mol. The lowest BCUT2D eigenvalue weighted by molar-refractivity contribution is -0.136. The first-order valence-corrected chi connectivity index (χ1v) is 10.2. The van der Waals surface area contributed by atoms with Gasteiger partial charge < -0.3 is 0 Å². The highest BCUT2D eigenvalue weighted by Crippen LogP contribution is 2.38. The first-order valence-electron chi connectivity index (χ1n) is 8.65. The van der Waals surface area contributed by atoms with Crippen molar-refractivity contribution in [2.24, 2.45) is 5.92 Å². The van der Waals surface area contributed by atoms with Crippen molar-refractivity contribution in [2.75, 3.05) is 0 Å². The van der Waals surface area contributed by atoms with Crippen molar-refractivity contribution in [3.05, 3.63) is 66.2 Å². The molecule has 3 atom stereocenters. The Morgan fingerprint density at radius 3 is 2.04 bits per heavy atom. The number of nitrogens with one attached hydrogen (secondary N) is 1. The number of imide groups is 1.